The van der Waals surface area contributed by atoms with Crippen LogP contribution in [0.5, 0.6) is 0 Å². The van der Waals surface area contributed by atoms with Crippen LogP contribution in [0.25, 0.3) is 0 Å². The molecule has 18 heavy (non-hydrogen) atoms. The van der Waals surface area contributed by atoms with Gasteiger partial charge in [0.2, 0.25) is 0 Å². The number of carbonyl (C=O) groups is 1. The van der Waals surface area contributed by atoms with Crippen LogP contribution < -0.4 is 16.8 Å². The Bertz CT molecular complexity index is 448. The summed E-state index contributed by atoms with van der Waals surface area (Å²) in [5, 5.41) is 3.22. The van der Waals surface area contributed by atoms with Crippen molar-refractivity contribution in [3.05, 3.63) is 17.8 Å². The van der Waals surface area contributed by atoms with Gasteiger partial charge in [-0.05, 0) is 32.5 Å². The molecule has 5 N–H and O–H groups in total. The highest BCUT2D eigenvalue weighted by Gasteiger charge is 2.20. The van der Waals surface area contributed by atoms with Crippen molar-refractivity contribution in [2.75, 3.05) is 31.2 Å². The van der Waals surface area contributed by atoms with E-state index in [4.69, 9.17) is 11.5 Å². The average Bonchev–Trinajstić information content (AvgIpc) is 2.73. The summed E-state index contributed by atoms with van der Waals surface area (Å²) in [6, 6.07) is 2.12. The molecule has 0 radical (unpaired) electrons. The zero-order valence-electron chi connectivity index (χ0n) is 10.5. The van der Waals surface area contributed by atoms with Gasteiger partial charge >= 0.3 is 0 Å². The molecule has 1 aliphatic heterocycles. The smallest absolute Gasteiger partial charge is 0.250 e. The first kappa shape index (κ1) is 12.6. The number of pyridine rings is 1. The van der Waals surface area contributed by atoms with Gasteiger partial charge in [0.1, 0.15) is 5.82 Å². The Balaban J connectivity index is 2.01. The molecule has 2 heterocycles. The van der Waals surface area contributed by atoms with Gasteiger partial charge in [0.05, 0.1) is 17.4 Å². The van der Waals surface area contributed by atoms with Crippen molar-refractivity contribution in [2.24, 2.45) is 5.73 Å². The maximum Gasteiger partial charge on any atom is 0.250 e. The highest BCUT2D eigenvalue weighted by molar-refractivity contribution is 5.98. The third-order valence-electron chi connectivity index (χ3n) is 3.39. The van der Waals surface area contributed by atoms with E-state index >= 15 is 0 Å². The van der Waals surface area contributed by atoms with Crippen molar-refractivity contribution < 1.29 is 4.79 Å². The standard InChI is InChI=1S/C12H19N5O/c1-17-4-2-3-8(17)6-15-11-5-9(12(14)18)10(13)7-16-11/h5,7-8H,2-4,6,13H2,1H3,(H2,14,18)(H,15,16). The van der Waals surface area contributed by atoms with E-state index in [2.05, 4.69) is 22.2 Å². The molecule has 6 nitrogen and oxygen atoms in total. The highest BCUT2D eigenvalue weighted by atomic mass is 16.1. The van der Waals surface area contributed by atoms with Gasteiger partial charge in [-0.1, -0.05) is 0 Å². The first-order valence-electron chi connectivity index (χ1n) is 6.07. The van der Waals surface area contributed by atoms with Crippen molar-refractivity contribution in [3.8, 4) is 0 Å². The van der Waals surface area contributed by atoms with Crippen molar-refractivity contribution in [3.63, 3.8) is 0 Å². The number of aromatic nitrogens is 1. The summed E-state index contributed by atoms with van der Waals surface area (Å²) in [7, 11) is 2.12. The maximum atomic E-state index is 11.2. The molecule has 0 bridgehead atoms. The molecule has 1 fully saturated rings. The summed E-state index contributed by atoms with van der Waals surface area (Å²) in [6.07, 6.45) is 3.87. The fourth-order valence-electron chi connectivity index (χ4n) is 2.24. The van der Waals surface area contributed by atoms with Crippen LogP contribution in [-0.2, 0) is 0 Å². The van der Waals surface area contributed by atoms with E-state index in [0.717, 1.165) is 13.1 Å². The molecular formula is C12H19N5O. The zero-order chi connectivity index (χ0) is 13.1. The van der Waals surface area contributed by atoms with Crippen LogP contribution in [0.1, 0.15) is 23.2 Å². The summed E-state index contributed by atoms with van der Waals surface area (Å²) < 4.78 is 0. The maximum absolute atomic E-state index is 11.2. The molecule has 1 aromatic rings. The number of nitrogens with zero attached hydrogens (tertiary/aromatic N) is 2. The van der Waals surface area contributed by atoms with Crippen LogP contribution in [0.4, 0.5) is 11.5 Å². The second kappa shape index (κ2) is 5.22. The van der Waals surface area contributed by atoms with Gasteiger partial charge in [0, 0.05) is 12.6 Å². The number of primary amides is 1. The summed E-state index contributed by atoms with van der Waals surface area (Å²) in [6.45, 7) is 1.94. The minimum atomic E-state index is -0.532. The van der Waals surface area contributed by atoms with Crippen molar-refractivity contribution in [1.82, 2.24) is 9.88 Å². The van der Waals surface area contributed by atoms with Gasteiger partial charge in [-0.25, -0.2) is 4.98 Å². The van der Waals surface area contributed by atoms with Crippen LogP contribution in [0.15, 0.2) is 12.3 Å². The van der Waals surface area contributed by atoms with Crippen LogP contribution in [0.2, 0.25) is 0 Å². The lowest BCUT2D eigenvalue weighted by Gasteiger charge is -2.20. The van der Waals surface area contributed by atoms with Gasteiger partial charge in [0.25, 0.3) is 5.91 Å². The fourth-order valence-corrected chi connectivity index (χ4v) is 2.24. The van der Waals surface area contributed by atoms with E-state index in [1.54, 1.807) is 6.07 Å². The second-order valence-electron chi connectivity index (χ2n) is 4.68. The molecule has 98 valence electrons. The summed E-state index contributed by atoms with van der Waals surface area (Å²) in [5.41, 5.74) is 11.5. The fraction of sp³-hybridized carbons (Fsp3) is 0.500. The van der Waals surface area contributed by atoms with E-state index in [0.29, 0.717) is 23.1 Å². The molecular weight excluding hydrogens is 230 g/mol. The summed E-state index contributed by atoms with van der Waals surface area (Å²) in [4.78, 5) is 17.6. The van der Waals surface area contributed by atoms with Crippen LogP contribution in [0.3, 0.4) is 0 Å². The minimum absolute atomic E-state index is 0.311. The number of nitrogens with one attached hydrogen (secondary N) is 1. The normalized spacial score (nSPS) is 19.9. The van der Waals surface area contributed by atoms with Gasteiger partial charge in [-0.15, -0.1) is 0 Å². The van der Waals surface area contributed by atoms with E-state index in [1.165, 1.54) is 19.0 Å². The molecule has 2 rings (SSSR count). The Hall–Kier alpha value is -1.82. The second-order valence-corrected chi connectivity index (χ2v) is 4.68. The van der Waals surface area contributed by atoms with Gasteiger partial charge in [0.15, 0.2) is 0 Å². The molecule has 1 atom stereocenters. The molecule has 1 saturated heterocycles. The Kier molecular flexibility index (Phi) is 3.66. The van der Waals surface area contributed by atoms with Crippen LogP contribution in [0, 0.1) is 0 Å². The molecule has 1 unspecified atom stereocenters. The molecule has 1 aromatic heterocycles. The molecule has 6 heteroatoms. The number of nitrogens with two attached hydrogens (primary N) is 2. The predicted octanol–water partition coefficient (Wildman–Crippen LogP) is 0.269. The van der Waals surface area contributed by atoms with E-state index in [1.807, 2.05) is 0 Å². The highest BCUT2D eigenvalue weighted by Crippen LogP contribution is 2.17. The first-order valence-corrected chi connectivity index (χ1v) is 6.07. The molecule has 0 spiro atoms. The van der Waals surface area contributed by atoms with Gasteiger partial charge < -0.3 is 21.7 Å². The van der Waals surface area contributed by atoms with Crippen LogP contribution >= 0.6 is 0 Å². The Labute approximate surface area is 106 Å². The quantitative estimate of drug-likeness (QED) is 0.711. The predicted molar refractivity (Wildman–Crippen MR) is 71.3 cm³/mol. The molecule has 1 aliphatic rings. The molecule has 0 aromatic carbocycles. The van der Waals surface area contributed by atoms with E-state index in [9.17, 15) is 4.79 Å². The van der Waals surface area contributed by atoms with Crippen molar-refractivity contribution in [1.29, 1.82) is 0 Å². The zero-order valence-corrected chi connectivity index (χ0v) is 10.5. The van der Waals surface area contributed by atoms with E-state index < -0.39 is 5.91 Å². The number of hydrogen-bond acceptors (Lipinski definition) is 5. The van der Waals surface area contributed by atoms with Crippen molar-refractivity contribution in [2.45, 2.75) is 18.9 Å². The number of rotatable bonds is 4. The van der Waals surface area contributed by atoms with E-state index in [-0.39, 0.29) is 0 Å². The largest absolute Gasteiger partial charge is 0.397 e. The first-order chi connectivity index (χ1) is 8.58. The number of hydrogen-bond donors (Lipinski definition) is 3. The van der Waals surface area contributed by atoms with Crippen LogP contribution in [-0.4, -0.2) is 42.0 Å². The Morgan fingerprint density at radius 3 is 3.06 bits per heavy atom. The summed E-state index contributed by atoms with van der Waals surface area (Å²) in [5.74, 6) is 0.106. The Morgan fingerprint density at radius 2 is 2.44 bits per heavy atom. The molecule has 1 amide bonds. The van der Waals surface area contributed by atoms with Gasteiger partial charge in [-0.3, -0.25) is 4.79 Å². The lowest BCUT2D eigenvalue weighted by atomic mass is 10.2. The number of nitrogen functional groups attached to an aromatic ring is 1. The number of likely N-dealkylation sites (N-methyl/N-ethyl adjacent to an activating group) is 1. The number of anilines is 2. The third-order valence-corrected chi connectivity index (χ3v) is 3.39. The van der Waals surface area contributed by atoms with Crippen molar-refractivity contribution >= 4 is 17.4 Å². The van der Waals surface area contributed by atoms with Gasteiger partial charge in [-0.2, -0.15) is 0 Å². The number of amides is 1. The molecule has 0 aliphatic carbocycles. The monoisotopic (exact) mass is 249 g/mol. The lowest BCUT2D eigenvalue weighted by molar-refractivity contribution is 0.100. The summed E-state index contributed by atoms with van der Waals surface area (Å²) >= 11 is 0. The lowest BCUT2D eigenvalue weighted by Crippen LogP contribution is -2.31. The number of carbonyl (C=O) groups excluding carboxylic acids is 1. The minimum Gasteiger partial charge on any atom is -0.397 e. The third kappa shape index (κ3) is 2.70. The average molecular weight is 249 g/mol. The Morgan fingerprint density at radius 1 is 1.67 bits per heavy atom. The molecule has 0 saturated carbocycles. The number of likely N-dealkylation sites (tertiary alicyclic amines) is 1. The SMILES string of the molecule is CN1CCCC1CNc1cc(C(N)=O)c(N)cn1. The topological polar surface area (TPSA) is 97.3 Å².